The minimum Gasteiger partial charge on any atom is -0.298 e. The van der Waals surface area contributed by atoms with Gasteiger partial charge in [0.2, 0.25) is 0 Å². The number of alkyl halides is 3. The number of carbonyl (C=O) groups is 1. The molecule has 1 heterocycles. The summed E-state index contributed by atoms with van der Waals surface area (Å²) < 4.78 is 39.7. The van der Waals surface area contributed by atoms with Crippen molar-refractivity contribution in [2.24, 2.45) is 0 Å². The molecule has 0 saturated heterocycles. The molecule has 0 radical (unpaired) electrons. The number of non-ortho nitro benzene ring substituents is 1. The summed E-state index contributed by atoms with van der Waals surface area (Å²) in [5.41, 5.74) is 0.949. The van der Waals surface area contributed by atoms with Crippen LogP contribution in [0.5, 0.6) is 0 Å². The van der Waals surface area contributed by atoms with Gasteiger partial charge in [0, 0.05) is 33.7 Å². The van der Waals surface area contributed by atoms with Gasteiger partial charge in [-0.15, -0.1) is 0 Å². The Morgan fingerprint density at radius 2 is 1.65 bits per heavy atom. The van der Waals surface area contributed by atoms with E-state index in [0.717, 1.165) is 46.3 Å². The van der Waals surface area contributed by atoms with Crippen LogP contribution in [0.15, 0.2) is 101 Å². The van der Waals surface area contributed by atoms with E-state index in [2.05, 4.69) is 6.07 Å². The minimum atomic E-state index is -4.52. The van der Waals surface area contributed by atoms with Crippen molar-refractivity contribution in [3.63, 3.8) is 0 Å². The summed E-state index contributed by atoms with van der Waals surface area (Å²) in [6, 6.07) is 25.3. The first-order valence-electron chi connectivity index (χ1n) is 11.7. The van der Waals surface area contributed by atoms with Gasteiger partial charge >= 0.3 is 6.18 Å². The maximum Gasteiger partial charge on any atom is 0.416 e. The third-order valence-corrected chi connectivity index (χ3v) is 7.31. The van der Waals surface area contributed by atoms with E-state index >= 15 is 0 Å². The second-order valence-corrected chi connectivity index (χ2v) is 9.68. The second-order valence-electron chi connectivity index (χ2n) is 8.65. The molecule has 0 spiro atoms. The molecule has 0 aliphatic rings. The summed E-state index contributed by atoms with van der Waals surface area (Å²) in [6.45, 7) is 0. The summed E-state index contributed by atoms with van der Waals surface area (Å²) in [5, 5.41) is 23.4. The number of nitriles is 1. The van der Waals surface area contributed by atoms with Gasteiger partial charge in [0.25, 0.3) is 5.69 Å². The lowest BCUT2D eigenvalue weighted by Crippen LogP contribution is -2.04. The van der Waals surface area contributed by atoms with E-state index in [9.17, 15) is 33.3 Å². The lowest BCUT2D eigenvalue weighted by Gasteiger charge is -2.15. The van der Waals surface area contributed by atoms with Crippen molar-refractivity contribution >= 4 is 34.5 Å². The normalized spacial score (nSPS) is 11.2. The molecule has 5 rings (SSSR count). The fourth-order valence-corrected chi connectivity index (χ4v) is 5.27. The molecule has 6 nitrogen and oxygen atoms in total. The van der Waals surface area contributed by atoms with E-state index in [1.54, 1.807) is 6.07 Å². The number of nitrogens with zero attached hydrogens (tertiary/aromatic N) is 3. The van der Waals surface area contributed by atoms with Gasteiger partial charge in [0.05, 0.1) is 21.7 Å². The van der Waals surface area contributed by atoms with Crippen molar-refractivity contribution in [1.29, 1.82) is 5.26 Å². The first-order valence-corrected chi connectivity index (χ1v) is 12.5. The van der Waals surface area contributed by atoms with Crippen molar-refractivity contribution in [1.82, 2.24) is 4.98 Å². The van der Waals surface area contributed by atoms with Crippen molar-refractivity contribution in [2.75, 3.05) is 0 Å². The predicted octanol–water partition coefficient (Wildman–Crippen LogP) is 8.33. The molecule has 5 aromatic rings. The van der Waals surface area contributed by atoms with Crippen LogP contribution in [0.3, 0.4) is 0 Å². The van der Waals surface area contributed by atoms with Gasteiger partial charge in [0.15, 0.2) is 6.29 Å². The number of fused-ring (bicyclic) bond motifs is 1. The van der Waals surface area contributed by atoms with E-state index in [1.165, 1.54) is 24.3 Å². The average Bonchev–Trinajstić information content (AvgIpc) is 2.96. The number of rotatable bonds is 6. The van der Waals surface area contributed by atoms with Crippen LogP contribution in [0.2, 0.25) is 0 Å². The van der Waals surface area contributed by atoms with Crippen molar-refractivity contribution < 1.29 is 22.9 Å². The average molecular weight is 556 g/mol. The smallest absolute Gasteiger partial charge is 0.298 e. The summed E-state index contributed by atoms with van der Waals surface area (Å²) >= 11 is 0.973. The molecular formula is C30H16F3N3O3S. The number of aromatic nitrogens is 1. The van der Waals surface area contributed by atoms with Crippen LogP contribution in [0, 0.1) is 21.4 Å². The summed E-state index contributed by atoms with van der Waals surface area (Å²) in [4.78, 5) is 27.4. The lowest BCUT2D eigenvalue weighted by molar-refractivity contribution is -0.384. The number of hydrogen-bond donors (Lipinski definition) is 0. The van der Waals surface area contributed by atoms with Gasteiger partial charge in [-0.25, -0.2) is 4.98 Å². The predicted molar refractivity (Wildman–Crippen MR) is 145 cm³/mol. The number of hydrogen-bond acceptors (Lipinski definition) is 6. The van der Waals surface area contributed by atoms with Crippen LogP contribution in [-0.2, 0) is 6.18 Å². The molecule has 1 aromatic heterocycles. The maximum atomic E-state index is 13.2. The number of pyridine rings is 1. The Bertz CT molecular complexity index is 1830. The highest BCUT2D eigenvalue weighted by molar-refractivity contribution is 7.99. The van der Waals surface area contributed by atoms with E-state index in [-0.39, 0.29) is 21.8 Å². The highest BCUT2D eigenvalue weighted by Gasteiger charge is 2.30. The van der Waals surface area contributed by atoms with Crippen molar-refractivity contribution in [3.8, 4) is 28.5 Å². The second kappa shape index (κ2) is 10.6. The Hall–Kier alpha value is -5.01. The zero-order chi connectivity index (χ0) is 28.4. The molecule has 0 fully saturated rings. The van der Waals surface area contributed by atoms with Crippen LogP contribution >= 0.6 is 11.8 Å². The largest absolute Gasteiger partial charge is 0.416 e. The van der Waals surface area contributed by atoms with Crippen LogP contribution in [0.4, 0.5) is 18.9 Å². The number of aldehydes is 1. The molecule has 0 aliphatic heterocycles. The van der Waals surface area contributed by atoms with E-state index in [0.29, 0.717) is 28.0 Å². The summed E-state index contributed by atoms with van der Waals surface area (Å²) in [6.07, 6.45) is -4.04. The Kier molecular flexibility index (Phi) is 7.07. The third-order valence-electron chi connectivity index (χ3n) is 6.22. The van der Waals surface area contributed by atoms with Crippen LogP contribution < -0.4 is 0 Å². The Labute approximate surface area is 229 Å². The lowest BCUT2D eigenvalue weighted by atomic mass is 9.96. The highest BCUT2D eigenvalue weighted by atomic mass is 32.2. The molecule has 4 aromatic carbocycles. The Balaban J connectivity index is 1.74. The zero-order valence-electron chi connectivity index (χ0n) is 20.3. The van der Waals surface area contributed by atoms with Gasteiger partial charge in [0.1, 0.15) is 11.1 Å². The maximum absolute atomic E-state index is 13.2. The number of halogens is 3. The molecule has 40 heavy (non-hydrogen) atoms. The molecule has 0 atom stereocenters. The topological polar surface area (TPSA) is 96.9 Å². The summed E-state index contributed by atoms with van der Waals surface area (Å²) in [7, 11) is 0. The molecule has 10 heteroatoms. The number of nitro benzene ring substituents is 1. The molecule has 0 N–H and O–H groups in total. The molecule has 0 unspecified atom stereocenters. The minimum absolute atomic E-state index is 0.0385. The van der Waals surface area contributed by atoms with Gasteiger partial charge < -0.3 is 0 Å². The van der Waals surface area contributed by atoms with E-state index in [4.69, 9.17) is 4.98 Å². The van der Waals surface area contributed by atoms with E-state index < -0.39 is 16.7 Å². The van der Waals surface area contributed by atoms with Crippen LogP contribution in [0.1, 0.15) is 21.5 Å². The highest BCUT2D eigenvalue weighted by Crippen LogP contribution is 2.40. The fraction of sp³-hybridized carbons (Fsp3) is 0.0333. The Morgan fingerprint density at radius 3 is 2.33 bits per heavy atom. The van der Waals surface area contributed by atoms with Crippen LogP contribution in [0.25, 0.3) is 33.2 Å². The van der Waals surface area contributed by atoms with Crippen molar-refractivity contribution in [2.45, 2.75) is 16.1 Å². The standard InChI is InChI=1S/C30H16F3N3O3S/c31-30(32,33)21-10-8-19(9-11-21)25-15-27(24-7-3-5-18-4-1-2-6-23(18)24)35-29(26(25)16-34)40-28-13-12-22(36(38)39)14-20(28)17-37/h1-15,17H. The zero-order valence-corrected chi connectivity index (χ0v) is 21.2. The van der Waals surface area contributed by atoms with Gasteiger partial charge in [-0.2, -0.15) is 18.4 Å². The van der Waals surface area contributed by atoms with Gasteiger partial charge in [-0.1, -0.05) is 66.4 Å². The first-order chi connectivity index (χ1) is 19.2. The molecule has 0 aliphatic carbocycles. The molecule has 0 bridgehead atoms. The fourth-order valence-electron chi connectivity index (χ4n) is 4.30. The van der Waals surface area contributed by atoms with Crippen molar-refractivity contribution in [3.05, 3.63) is 118 Å². The molecule has 0 saturated carbocycles. The third kappa shape index (κ3) is 5.15. The van der Waals surface area contributed by atoms with Crippen LogP contribution in [-0.4, -0.2) is 16.2 Å². The van der Waals surface area contributed by atoms with Gasteiger partial charge in [-0.05, 0) is 40.6 Å². The Morgan fingerprint density at radius 1 is 0.925 bits per heavy atom. The van der Waals surface area contributed by atoms with Gasteiger partial charge in [-0.3, -0.25) is 14.9 Å². The SMILES string of the molecule is N#Cc1c(-c2ccc(C(F)(F)F)cc2)cc(-c2cccc3ccccc23)nc1Sc1ccc([N+](=O)[O-])cc1C=O. The van der Waals surface area contributed by atoms with E-state index in [1.807, 2.05) is 42.5 Å². The molecular weight excluding hydrogens is 539 g/mol. The monoisotopic (exact) mass is 555 g/mol. The first kappa shape index (κ1) is 26.6. The number of carbonyl (C=O) groups excluding carboxylic acids is 1. The molecule has 196 valence electrons. The number of nitro groups is 1. The summed E-state index contributed by atoms with van der Waals surface area (Å²) in [5.74, 6) is 0. The number of benzene rings is 4. The molecule has 0 amide bonds. The quantitative estimate of drug-likeness (QED) is 0.119.